The van der Waals surface area contributed by atoms with Crippen molar-refractivity contribution in [3.8, 4) is 0 Å². The summed E-state index contributed by atoms with van der Waals surface area (Å²) >= 11 is 6.10. The molecule has 1 aromatic carbocycles. The van der Waals surface area contributed by atoms with Crippen LogP contribution in [0.25, 0.3) is 0 Å². The van der Waals surface area contributed by atoms with Crippen LogP contribution in [0, 0.1) is 46.3 Å². The van der Waals surface area contributed by atoms with Crippen LogP contribution < -0.4 is 0 Å². The smallest absolute Gasteiger partial charge is 0.338 e. The first-order valence-electron chi connectivity index (χ1n) is 15.3. The number of esters is 1. The van der Waals surface area contributed by atoms with Crippen LogP contribution >= 0.6 is 11.6 Å². The number of hydrogen-bond acceptors (Lipinski definition) is 2. The predicted octanol–water partition coefficient (Wildman–Crippen LogP) is 9.91. The van der Waals surface area contributed by atoms with Crippen LogP contribution in [0.3, 0.4) is 0 Å². The largest absolute Gasteiger partial charge is 0.458 e. The number of hydrogen-bond donors (Lipinski definition) is 0. The van der Waals surface area contributed by atoms with Crippen LogP contribution in [0.4, 0.5) is 0 Å². The van der Waals surface area contributed by atoms with Crippen LogP contribution in [-0.2, 0) is 4.74 Å². The summed E-state index contributed by atoms with van der Waals surface area (Å²) in [5, 5.41) is 0.579. The van der Waals surface area contributed by atoms with E-state index in [0.717, 1.165) is 54.8 Å². The highest BCUT2D eigenvalue weighted by Gasteiger charge is 2.59. The molecule has 2 nitrogen and oxygen atoms in total. The van der Waals surface area contributed by atoms with Crippen molar-refractivity contribution in [1.82, 2.24) is 0 Å². The third kappa shape index (κ3) is 5.18. The molecular formula is C34H49ClO2. The number of carbonyl (C=O) groups is 1. The van der Waals surface area contributed by atoms with Crippen molar-refractivity contribution in [2.75, 3.05) is 0 Å². The van der Waals surface area contributed by atoms with Crippen molar-refractivity contribution in [1.29, 1.82) is 0 Å². The number of fused-ring (bicyclic) bond motifs is 5. The summed E-state index contributed by atoms with van der Waals surface area (Å²) in [4.78, 5) is 12.8. The molecule has 37 heavy (non-hydrogen) atoms. The molecule has 4 aliphatic carbocycles. The van der Waals surface area contributed by atoms with Crippen LogP contribution in [-0.4, -0.2) is 12.1 Å². The first kappa shape index (κ1) is 27.3. The zero-order valence-electron chi connectivity index (χ0n) is 23.9. The fourth-order valence-electron chi connectivity index (χ4n) is 9.59. The minimum absolute atomic E-state index is 0.0150. The molecule has 0 amide bonds. The first-order valence-corrected chi connectivity index (χ1v) is 15.7. The van der Waals surface area contributed by atoms with Gasteiger partial charge in [-0.3, -0.25) is 0 Å². The standard InChI is InChI=1S/C34H49ClO2/c1-22(2)8-6-9-23(3)29-14-15-30-28-13-12-25-21-27(37-32(36)24-10-7-11-26(35)20-24)16-18-33(25,4)31(28)17-19-34(29,30)5/h7,10-12,20,22-23,27-31H,6,8-9,13-19,21H2,1-5H3/t23-,27-,28-,29+,30-,31-,33-,34+/m0/s1. The molecule has 0 heterocycles. The summed E-state index contributed by atoms with van der Waals surface area (Å²) in [5.74, 6) is 4.88. The topological polar surface area (TPSA) is 26.3 Å². The van der Waals surface area contributed by atoms with E-state index < -0.39 is 0 Å². The van der Waals surface area contributed by atoms with Gasteiger partial charge >= 0.3 is 5.97 Å². The third-order valence-electron chi connectivity index (χ3n) is 11.6. The molecule has 0 bridgehead atoms. The minimum Gasteiger partial charge on any atom is -0.458 e. The van der Waals surface area contributed by atoms with E-state index in [1.165, 1.54) is 51.4 Å². The summed E-state index contributed by atoms with van der Waals surface area (Å²) in [6, 6.07) is 7.12. The van der Waals surface area contributed by atoms with E-state index in [2.05, 4.69) is 40.7 Å². The van der Waals surface area contributed by atoms with Gasteiger partial charge in [0.15, 0.2) is 0 Å². The van der Waals surface area contributed by atoms with E-state index in [9.17, 15) is 4.79 Å². The van der Waals surface area contributed by atoms with Gasteiger partial charge in [-0.1, -0.05) is 83.2 Å². The number of carbonyl (C=O) groups excluding carboxylic acids is 1. The lowest BCUT2D eigenvalue weighted by atomic mass is 9.47. The molecule has 0 saturated heterocycles. The lowest BCUT2D eigenvalue weighted by Crippen LogP contribution is -2.51. The van der Waals surface area contributed by atoms with Gasteiger partial charge in [0.05, 0.1) is 5.56 Å². The molecule has 8 atom stereocenters. The first-order chi connectivity index (χ1) is 17.6. The van der Waals surface area contributed by atoms with E-state index >= 15 is 0 Å². The highest BCUT2D eigenvalue weighted by Crippen LogP contribution is 2.67. The monoisotopic (exact) mass is 524 g/mol. The second kappa shape index (κ2) is 10.7. The molecule has 5 rings (SSSR count). The Morgan fingerprint density at radius 2 is 1.86 bits per heavy atom. The Bertz CT molecular complexity index is 1010. The van der Waals surface area contributed by atoms with E-state index in [1.807, 2.05) is 6.07 Å². The average molecular weight is 525 g/mol. The van der Waals surface area contributed by atoms with Crippen molar-refractivity contribution in [2.45, 2.75) is 111 Å². The number of allylic oxidation sites excluding steroid dienone is 1. The Morgan fingerprint density at radius 3 is 2.62 bits per heavy atom. The lowest BCUT2D eigenvalue weighted by Gasteiger charge is -2.58. The molecule has 0 aliphatic heterocycles. The lowest BCUT2D eigenvalue weighted by molar-refractivity contribution is -0.0594. The number of rotatable bonds is 7. The van der Waals surface area contributed by atoms with Crippen molar-refractivity contribution in [2.24, 2.45) is 46.3 Å². The van der Waals surface area contributed by atoms with Gasteiger partial charge in [0.2, 0.25) is 0 Å². The van der Waals surface area contributed by atoms with Gasteiger partial charge in [0, 0.05) is 11.4 Å². The number of ether oxygens (including phenoxy) is 1. The van der Waals surface area contributed by atoms with E-state index in [0.29, 0.717) is 16.0 Å². The summed E-state index contributed by atoms with van der Waals surface area (Å²) in [5.41, 5.74) is 2.94. The highest BCUT2D eigenvalue weighted by atomic mass is 35.5. The van der Waals surface area contributed by atoms with Crippen LogP contribution in [0.1, 0.15) is 116 Å². The zero-order valence-corrected chi connectivity index (χ0v) is 24.7. The third-order valence-corrected chi connectivity index (χ3v) is 11.8. The molecule has 3 saturated carbocycles. The summed E-state index contributed by atoms with van der Waals surface area (Å²) < 4.78 is 6.00. The summed E-state index contributed by atoms with van der Waals surface area (Å²) in [6.45, 7) is 12.5. The van der Waals surface area contributed by atoms with Gasteiger partial charge in [0.1, 0.15) is 6.10 Å². The zero-order chi connectivity index (χ0) is 26.4. The average Bonchev–Trinajstić information content (AvgIpc) is 3.21. The second-order valence-corrected chi connectivity index (χ2v) is 14.5. The van der Waals surface area contributed by atoms with Crippen LogP contribution in [0.2, 0.25) is 5.02 Å². The molecule has 0 N–H and O–H groups in total. The van der Waals surface area contributed by atoms with Gasteiger partial charge in [-0.15, -0.1) is 0 Å². The second-order valence-electron chi connectivity index (χ2n) is 14.1. The predicted molar refractivity (Wildman–Crippen MR) is 154 cm³/mol. The van der Waals surface area contributed by atoms with Crippen molar-refractivity contribution in [3.63, 3.8) is 0 Å². The van der Waals surface area contributed by atoms with Crippen LogP contribution in [0.15, 0.2) is 35.9 Å². The maximum Gasteiger partial charge on any atom is 0.338 e. The van der Waals surface area contributed by atoms with E-state index in [-0.39, 0.29) is 17.5 Å². The van der Waals surface area contributed by atoms with Gasteiger partial charge in [-0.05, 0) is 109 Å². The Balaban J connectivity index is 1.25. The Morgan fingerprint density at radius 1 is 1.05 bits per heavy atom. The van der Waals surface area contributed by atoms with Crippen molar-refractivity contribution >= 4 is 17.6 Å². The summed E-state index contributed by atoms with van der Waals surface area (Å²) in [7, 11) is 0. The number of benzene rings is 1. The SMILES string of the molecule is CC(C)CCC[C@H](C)[C@H]1CC[C@H]2[C@@H]3CC=C4C[C@@H](OC(=O)c5cccc(Cl)c5)CC[C@]4(C)[C@H]3CC[C@]12C. The molecule has 204 valence electrons. The fraction of sp³-hybridized carbons (Fsp3) is 0.735. The molecule has 3 fully saturated rings. The molecule has 0 spiro atoms. The Labute approximate surface area is 231 Å². The van der Waals surface area contributed by atoms with Gasteiger partial charge in [-0.25, -0.2) is 4.79 Å². The quantitative estimate of drug-likeness (QED) is 0.262. The van der Waals surface area contributed by atoms with Crippen molar-refractivity contribution < 1.29 is 9.53 Å². The molecule has 3 heteroatoms. The van der Waals surface area contributed by atoms with Gasteiger partial charge < -0.3 is 4.74 Å². The molecule has 1 aromatic rings. The Hall–Kier alpha value is -1.28. The van der Waals surface area contributed by atoms with E-state index in [4.69, 9.17) is 16.3 Å². The molecule has 0 unspecified atom stereocenters. The fourth-order valence-corrected chi connectivity index (χ4v) is 9.78. The van der Waals surface area contributed by atoms with E-state index in [1.54, 1.807) is 23.8 Å². The van der Waals surface area contributed by atoms with Gasteiger partial charge in [-0.2, -0.15) is 0 Å². The van der Waals surface area contributed by atoms with Crippen molar-refractivity contribution in [3.05, 3.63) is 46.5 Å². The van der Waals surface area contributed by atoms with Crippen LogP contribution in [0.5, 0.6) is 0 Å². The maximum absolute atomic E-state index is 12.8. The molecule has 4 aliphatic rings. The molecule has 0 aromatic heterocycles. The minimum atomic E-state index is -0.238. The van der Waals surface area contributed by atoms with Gasteiger partial charge in [0.25, 0.3) is 0 Å². The number of halogens is 1. The molecular weight excluding hydrogens is 476 g/mol. The molecule has 0 radical (unpaired) electrons. The normalized spacial score (nSPS) is 37.8. The maximum atomic E-state index is 12.8. The Kier molecular flexibility index (Phi) is 7.90. The highest BCUT2D eigenvalue weighted by molar-refractivity contribution is 6.30. The summed E-state index contributed by atoms with van der Waals surface area (Å²) in [6.07, 6.45) is 16.7.